The van der Waals surface area contributed by atoms with Crippen LogP contribution in [-0.4, -0.2) is 16.0 Å². The Morgan fingerprint density at radius 2 is 1.77 bits per heavy atom. The lowest BCUT2D eigenvalue weighted by atomic mass is 10.1. The summed E-state index contributed by atoms with van der Waals surface area (Å²) in [4.78, 5) is 13.3. The van der Waals surface area contributed by atoms with Crippen molar-refractivity contribution in [2.45, 2.75) is 0 Å². The van der Waals surface area contributed by atoms with Gasteiger partial charge in [-0.25, -0.2) is 4.39 Å². The fourth-order valence-corrected chi connectivity index (χ4v) is 3.09. The SMILES string of the molecule is O=C(c1cccc(O)c1)c1ccc(-c2cccc(O)c2F)s1. The largest absolute Gasteiger partial charge is 0.508 e. The van der Waals surface area contributed by atoms with Gasteiger partial charge in [0.25, 0.3) is 0 Å². The van der Waals surface area contributed by atoms with E-state index in [0.717, 1.165) is 11.3 Å². The molecule has 2 aromatic carbocycles. The molecule has 2 N–H and O–H groups in total. The van der Waals surface area contributed by atoms with Crippen LogP contribution in [0, 0.1) is 5.82 Å². The first kappa shape index (κ1) is 14.3. The summed E-state index contributed by atoms with van der Waals surface area (Å²) in [6.45, 7) is 0. The van der Waals surface area contributed by atoms with Crippen LogP contribution in [-0.2, 0) is 0 Å². The van der Waals surface area contributed by atoms with Gasteiger partial charge in [-0.15, -0.1) is 11.3 Å². The van der Waals surface area contributed by atoms with E-state index in [4.69, 9.17) is 0 Å². The van der Waals surface area contributed by atoms with Crippen LogP contribution in [0.3, 0.4) is 0 Å². The summed E-state index contributed by atoms with van der Waals surface area (Å²) in [5.74, 6) is -1.36. The van der Waals surface area contributed by atoms with E-state index in [1.165, 1.54) is 18.2 Å². The Hall–Kier alpha value is -2.66. The third kappa shape index (κ3) is 2.58. The van der Waals surface area contributed by atoms with Crippen molar-refractivity contribution in [2.75, 3.05) is 0 Å². The first-order chi connectivity index (χ1) is 10.6. The predicted molar refractivity (Wildman–Crippen MR) is 82.9 cm³/mol. The Labute approximate surface area is 129 Å². The molecular formula is C17H11FO3S. The first-order valence-corrected chi connectivity index (χ1v) is 7.29. The minimum Gasteiger partial charge on any atom is -0.508 e. The van der Waals surface area contributed by atoms with Crippen LogP contribution >= 0.6 is 11.3 Å². The van der Waals surface area contributed by atoms with Gasteiger partial charge in [0.15, 0.2) is 11.6 Å². The topological polar surface area (TPSA) is 57.5 Å². The average Bonchev–Trinajstić information content (AvgIpc) is 2.99. The van der Waals surface area contributed by atoms with Gasteiger partial charge in [0.05, 0.1) is 4.88 Å². The van der Waals surface area contributed by atoms with Crippen LogP contribution < -0.4 is 0 Å². The lowest BCUT2D eigenvalue weighted by molar-refractivity contribution is 0.104. The maximum absolute atomic E-state index is 13.9. The second-order valence-electron chi connectivity index (χ2n) is 4.68. The molecule has 0 fully saturated rings. The highest BCUT2D eigenvalue weighted by atomic mass is 32.1. The molecule has 110 valence electrons. The van der Waals surface area contributed by atoms with Gasteiger partial charge in [0, 0.05) is 16.0 Å². The Kier molecular flexibility index (Phi) is 3.65. The van der Waals surface area contributed by atoms with Crippen molar-refractivity contribution in [3.8, 4) is 21.9 Å². The molecule has 0 saturated carbocycles. The fourth-order valence-electron chi connectivity index (χ4n) is 2.10. The number of halogens is 1. The first-order valence-electron chi connectivity index (χ1n) is 6.47. The molecule has 0 aliphatic carbocycles. The maximum atomic E-state index is 13.9. The zero-order chi connectivity index (χ0) is 15.7. The summed E-state index contributed by atoms with van der Waals surface area (Å²) in [5, 5.41) is 18.9. The zero-order valence-corrected chi connectivity index (χ0v) is 12.1. The van der Waals surface area contributed by atoms with Crippen LogP contribution in [0.25, 0.3) is 10.4 Å². The normalized spacial score (nSPS) is 10.6. The summed E-state index contributed by atoms with van der Waals surface area (Å²) in [7, 11) is 0. The molecule has 22 heavy (non-hydrogen) atoms. The number of carbonyl (C=O) groups excluding carboxylic acids is 1. The third-order valence-electron chi connectivity index (χ3n) is 3.18. The molecule has 3 aromatic rings. The summed E-state index contributed by atoms with van der Waals surface area (Å²) in [6, 6.07) is 13.7. The smallest absolute Gasteiger partial charge is 0.203 e. The Balaban J connectivity index is 1.97. The van der Waals surface area contributed by atoms with Crippen molar-refractivity contribution in [2.24, 2.45) is 0 Å². The van der Waals surface area contributed by atoms with E-state index in [2.05, 4.69) is 0 Å². The Morgan fingerprint density at radius 1 is 1.00 bits per heavy atom. The van der Waals surface area contributed by atoms with E-state index < -0.39 is 11.6 Å². The van der Waals surface area contributed by atoms with Crippen LogP contribution in [0.2, 0.25) is 0 Å². The van der Waals surface area contributed by atoms with Crippen molar-refractivity contribution in [3.63, 3.8) is 0 Å². The van der Waals surface area contributed by atoms with E-state index in [1.54, 1.807) is 36.4 Å². The van der Waals surface area contributed by atoms with Gasteiger partial charge < -0.3 is 10.2 Å². The molecule has 0 aliphatic rings. The van der Waals surface area contributed by atoms with Gasteiger partial charge >= 0.3 is 0 Å². The highest BCUT2D eigenvalue weighted by molar-refractivity contribution is 7.17. The number of phenolic OH excluding ortho intramolecular Hbond substituents is 2. The van der Waals surface area contributed by atoms with E-state index >= 15 is 0 Å². The molecule has 0 amide bonds. The van der Waals surface area contributed by atoms with Crippen molar-refractivity contribution >= 4 is 17.1 Å². The molecule has 5 heteroatoms. The number of rotatable bonds is 3. The minimum atomic E-state index is -0.708. The molecule has 1 heterocycles. The summed E-state index contributed by atoms with van der Waals surface area (Å²) in [6.07, 6.45) is 0. The molecule has 0 atom stereocenters. The van der Waals surface area contributed by atoms with Gasteiger partial charge in [0.1, 0.15) is 5.75 Å². The second-order valence-corrected chi connectivity index (χ2v) is 5.77. The van der Waals surface area contributed by atoms with Crippen molar-refractivity contribution in [3.05, 3.63) is 70.9 Å². The van der Waals surface area contributed by atoms with Gasteiger partial charge in [0.2, 0.25) is 5.78 Å². The van der Waals surface area contributed by atoms with Crippen molar-refractivity contribution < 1.29 is 19.4 Å². The zero-order valence-electron chi connectivity index (χ0n) is 11.3. The standard InChI is InChI=1S/C17H11FO3S/c18-16-12(5-2-6-13(16)20)14-7-8-15(22-14)17(21)10-3-1-4-11(19)9-10/h1-9,19-20H. The molecule has 0 saturated heterocycles. The maximum Gasteiger partial charge on any atom is 0.203 e. The number of benzene rings is 2. The summed E-state index contributed by atoms with van der Waals surface area (Å²) in [5.41, 5.74) is 0.615. The molecule has 0 aliphatic heterocycles. The highest BCUT2D eigenvalue weighted by Gasteiger charge is 2.16. The summed E-state index contributed by atoms with van der Waals surface area (Å²) >= 11 is 1.14. The van der Waals surface area contributed by atoms with E-state index in [-0.39, 0.29) is 17.1 Å². The molecule has 3 rings (SSSR count). The average molecular weight is 314 g/mol. The number of thiophene rings is 1. The number of carbonyl (C=O) groups is 1. The van der Waals surface area contributed by atoms with Gasteiger partial charge in [-0.3, -0.25) is 4.79 Å². The van der Waals surface area contributed by atoms with Gasteiger partial charge in [-0.05, 0) is 30.3 Å². The fraction of sp³-hybridized carbons (Fsp3) is 0. The van der Waals surface area contributed by atoms with Gasteiger partial charge in [-0.1, -0.05) is 24.3 Å². The van der Waals surface area contributed by atoms with E-state index in [1.807, 2.05) is 0 Å². The van der Waals surface area contributed by atoms with Crippen LogP contribution in [0.1, 0.15) is 15.2 Å². The number of hydrogen-bond acceptors (Lipinski definition) is 4. The van der Waals surface area contributed by atoms with Crippen LogP contribution in [0.4, 0.5) is 4.39 Å². The van der Waals surface area contributed by atoms with Crippen molar-refractivity contribution in [1.82, 2.24) is 0 Å². The number of phenols is 2. The van der Waals surface area contributed by atoms with Crippen molar-refractivity contribution in [1.29, 1.82) is 0 Å². The summed E-state index contributed by atoms with van der Waals surface area (Å²) < 4.78 is 13.9. The van der Waals surface area contributed by atoms with E-state index in [0.29, 0.717) is 15.3 Å². The third-order valence-corrected chi connectivity index (χ3v) is 4.30. The lowest BCUT2D eigenvalue weighted by Gasteiger charge is -2.01. The second kappa shape index (κ2) is 5.61. The lowest BCUT2D eigenvalue weighted by Crippen LogP contribution is -1.97. The molecule has 3 nitrogen and oxygen atoms in total. The molecule has 0 bridgehead atoms. The number of ketones is 1. The molecule has 1 aromatic heterocycles. The highest BCUT2D eigenvalue weighted by Crippen LogP contribution is 2.34. The Morgan fingerprint density at radius 3 is 2.55 bits per heavy atom. The number of aromatic hydroxyl groups is 2. The van der Waals surface area contributed by atoms with E-state index in [9.17, 15) is 19.4 Å². The molecule has 0 radical (unpaired) electrons. The molecule has 0 unspecified atom stereocenters. The number of hydrogen-bond donors (Lipinski definition) is 2. The molecule has 0 spiro atoms. The predicted octanol–water partition coefficient (Wildman–Crippen LogP) is 4.20. The minimum absolute atomic E-state index is 0.0154. The van der Waals surface area contributed by atoms with Crippen LogP contribution in [0.5, 0.6) is 11.5 Å². The van der Waals surface area contributed by atoms with Gasteiger partial charge in [-0.2, -0.15) is 0 Å². The molecular weight excluding hydrogens is 303 g/mol. The Bertz CT molecular complexity index is 855. The van der Waals surface area contributed by atoms with Crippen LogP contribution in [0.15, 0.2) is 54.6 Å². The monoisotopic (exact) mass is 314 g/mol. The quantitative estimate of drug-likeness (QED) is 0.712.